The van der Waals surface area contributed by atoms with Gasteiger partial charge in [0.2, 0.25) is 0 Å². The van der Waals surface area contributed by atoms with Gasteiger partial charge in [-0.3, -0.25) is 0 Å². The summed E-state index contributed by atoms with van der Waals surface area (Å²) >= 11 is 3.68. The van der Waals surface area contributed by atoms with Crippen molar-refractivity contribution < 1.29 is 20.3 Å². The van der Waals surface area contributed by atoms with E-state index in [1.54, 1.807) is 18.2 Å². The van der Waals surface area contributed by atoms with Crippen molar-refractivity contribution in [3.05, 3.63) is 234 Å². The zero-order valence-electron chi connectivity index (χ0n) is 37.7. The van der Waals surface area contributed by atoms with Gasteiger partial charge in [0.05, 0.1) is 22.8 Å². The number of aromatic nitrogens is 4. The third kappa shape index (κ3) is 10.6. The highest BCUT2D eigenvalue weighted by Gasteiger charge is 2.23. The van der Waals surface area contributed by atoms with E-state index in [1.807, 2.05) is 54.6 Å². The second-order valence-corrected chi connectivity index (χ2v) is 16.7. The van der Waals surface area contributed by atoms with Gasteiger partial charge in [-0.2, -0.15) is 10.2 Å². The number of halogens is 1. The molecule has 0 fully saturated rings. The SMILES string of the molecule is CCc1c(-c2ccccc2)c(-c2ccccc2)nn1-c1ccccc1-c1cccc(O)c1.CCc1c(-c2ccccc2)c(-c2ccccc2)nn1-c1ccccc1Br.OB(O)c1cccc(O)c1. The van der Waals surface area contributed by atoms with Crippen molar-refractivity contribution in [1.82, 2.24) is 19.6 Å². The van der Waals surface area contributed by atoms with E-state index in [0.717, 1.165) is 79.2 Å². The lowest BCUT2D eigenvalue weighted by Gasteiger charge is -2.13. The minimum absolute atomic E-state index is 0.0330. The number of hydrogen-bond acceptors (Lipinski definition) is 6. The van der Waals surface area contributed by atoms with E-state index in [0.29, 0.717) is 5.46 Å². The summed E-state index contributed by atoms with van der Waals surface area (Å²) < 4.78 is 5.19. The van der Waals surface area contributed by atoms with Gasteiger partial charge in [-0.15, -0.1) is 0 Å². The summed E-state index contributed by atoms with van der Waals surface area (Å²) in [4.78, 5) is 0. The Hall–Kier alpha value is -7.76. The Labute approximate surface area is 406 Å². The van der Waals surface area contributed by atoms with Gasteiger partial charge in [0.1, 0.15) is 22.9 Å². The molecule has 0 aliphatic heterocycles. The first kappa shape index (κ1) is 46.8. The first-order valence-corrected chi connectivity index (χ1v) is 23.3. The molecule has 0 saturated carbocycles. The largest absolute Gasteiger partial charge is 0.508 e. The smallest absolute Gasteiger partial charge is 0.488 e. The molecule has 4 N–H and O–H groups in total. The molecule has 0 aliphatic rings. The van der Waals surface area contributed by atoms with Gasteiger partial charge in [0, 0.05) is 32.3 Å². The van der Waals surface area contributed by atoms with Crippen molar-refractivity contribution >= 4 is 28.5 Å². The van der Waals surface area contributed by atoms with Gasteiger partial charge < -0.3 is 20.3 Å². The summed E-state index contributed by atoms with van der Waals surface area (Å²) in [6.07, 6.45) is 1.73. The Morgan fingerprint density at radius 2 is 0.824 bits per heavy atom. The van der Waals surface area contributed by atoms with Gasteiger partial charge in [-0.1, -0.05) is 190 Å². The lowest BCUT2D eigenvalue weighted by atomic mass is 9.80. The minimum atomic E-state index is -1.51. The van der Waals surface area contributed by atoms with Crippen LogP contribution < -0.4 is 5.46 Å². The second-order valence-electron chi connectivity index (χ2n) is 15.8. The minimum Gasteiger partial charge on any atom is -0.508 e. The van der Waals surface area contributed by atoms with Crippen LogP contribution in [0.2, 0.25) is 0 Å². The van der Waals surface area contributed by atoms with Gasteiger partial charge in [0.25, 0.3) is 0 Å². The maximum atomic E-state index is 10.1. The molecule has 8 nitrogen and oxygen atoms in total. The molecule has 0 atom stereocenters. The zero-order valence-corrected chi connectivity index (χ0v) is 39.3. The van der Waals surface area contributed by atoms with Crippen LogP contribution in [0.5, 0.6) is 11.5 Å². The predicted octanol–water partition coefficient (Wildman–Crippen LogP) is 12.7. The number of para-hydroxylation sites is 2. The molecule has 0 amide bonds. The van der Waals surface area contributed by atoms with Crippen LogP contribution in [0.4, 0.5) is 0 Å². The van der Waals surface area contributed by atoms with Crippen LogP contribution in [0.15, 0.2) is 223 Å². The van der Waals surface area contributed by atoms with Gasteiger partial charge in [-0.05, 0) is 93.4 Å². The molecule has 2 aromatic heterocycles. The zero-order chi connectivity index (χ0) is 47.4. The van der Waals surface area contributed by atoms with Gasteiger partial charge >= 0.3 is 7.12 Å². The molecule has 10 aromatic rings. The maximum Gasteiger partial charge on any atom is 0.488 e. The van der Waals surface area contributed by atoms with Crippen molar-refractivity contribution in [3.63, 3.8) is 0 Å². The Balaban J connectivity index is 0.000000155. The monoisotopic (exact) mass is 956 g/mol. The Morgan fingerprint density at radius 1 is 0.426 bits per heavy atom. The molecular weight excluding hydrogens is 907 g/mol. The second kappa shape index (κ2) is 22.2. The molecule has 0 radical (unpaired) electrons. The lowest BCUT2D eigenvalue weighted by Crippen LogP contribution is -2.29. The van der Waals surface area contributed by atoms with Crippen molar-refractivity contribution in [2.24, 2.45) is 0 Å². The molecule has 0 unspecified atom stereocenters. The van der Waals surface area contributed by atoms with Gasteiger partial charge in [-0.25, -0.2) is 9.36 Å². The Morgan fingerprint density at radius 3 is 1.26 bits per heavy atom. The fourth-order valence-electron chi connectivity index (χ4n) is 8.25. The highest BCUT2D eigenvalue weighted by Crippen LogP contribution is 2.39. The van der Waals surface area contributed by atoms with Crippen LogP contribution in [0.25, 0.3) is 67.3 Å². The topological polar surface area (TPSA) is 117 Å². The summed E-state index contributed by atoms with van der Waals surface area (Å²) in [5, 5.41) is 46.3. The van der Waals surface area contributed by atoms with Crippen LogP contribution in [0, 0.1) is 0 Å². The number of aromatic hydroxyl groups is 2. The quantitative estimate of drug-likeness (QED) is 0.101. The van der Waals surface area contributed by atoms with E-state index in [4.69, 9.17) is 25.4 Å². The van der Waals surface area contributed by atoms with Crippen molar-refractivity contribution in [1.29, 1.82) is 0 Å². The number of rotatable bonds is 10. The number of hydrogen-bond donors (Lipinski definition) is 4. The Kier molecular flexibility index (Phi) is 15.2. The fourth-order valence-corrected chi connectivity index (χ4v) is 8.71. The highest BCUT2D eigenvalue weighted by atomic mass is 79.9. The fraction of sp³-hybridized carbons (Fsp3) is 0.0690. The van der Waals surface area contributed by atoms with Crippen LogP contribution >= 0.6 is 15.9 Å². The van der Waals surface area contributed by atoms with E-state index >= 15 is 0 Å². The molecular formula is C58H50BBrN4O4. The lowest BCUT2D eigenvalue weighted by molar-refractivity contribution is 0.424. The summed E-state index contributed by atoms with van der Waals surface area (Å²) in [7, 11) is -1.51. The summed E-state index contributed by atoms with van der Waals surface area (Å²) in [5.41, 5.74) is 15.6. The third-order valence-corrected chi connectivity index (χ3v) is 12.1. The van der Waals surface area contributed by atoms with Gasteiger partial charge in [0.15, 0.2) is 0 Å². The predicted molar refractivity (Wildman–Crippen MR) is 280 cm³/mol. The maximum absolute atomic E-state index is 10.1. The molecule has 0 saturated heterocycles. The molecule has 2 heterocycles. The third-order valence-electron chi connectivity index (χ3n) is 11.4. The standard InChI is InChI=1S/C29H24N2O.C23H19BrN2.C6H7BO3/c1-2-26-28(21-12-5-3-6-13-21)29(22-14-7-4-8-15-22)30-31(26)27-19-10-9-18-25(27)23-16-11-17-24(32)20-23;1-2-20-22(17-11-5-3-6-12-17)23(18-13-7-4-8-14-18)25-26(20)21-16-10-9-15-19(21)24;8-6-3-1-2-5(4-6)7(9)10/h3-20,32H,2H2,1H3;3-16H,2H2,1H3;1-4,8-10H. The van der Waals surface area contributed by atoms with E-state index in [9.17, 15) is 5.11 Å². The van der Waals surface area contributed by atoms with E-state index in [2.05, 4.69) is 167 Å². The highest BCUT2D eigenvalue weighted by molar-refractivity contribution is 9.10. The van der Waals surface area contributed by atoms with E-state index in [-0.39, 0.29) is 11.5 Å². The summed E-state index contributed by atoms with van der Waals surface area (Å²) in [6.45, 7) is 4.36. The molecule has 10 rings (SSSR count). The van der Waals surface area contributed by atoms with Crippen LogP contribution in [0.1, 0.15) is 25.2 Å². The number of nitrogens with zero attached hydrogens (tertiary/aromatic N) is 4. The summed E-state index contributed by atoms with van der Waals surface area (Å²) in [6, 6.07) is 71.4. The van der Waals surface area contributed by atoms with Crippen molar-refractivity contribution in [3.8, 4) is 78.8 Å². The normalized spacial score (nSPS) is 10.7. The van der Waals surface area contributed by atoms with E-state index in [1.165, 1.54) is 35.0 Å². The van der Waals surface area contributed by atoms with Crippen molar-refractivity contribution in [2.45, 2.75) is 26.7 Å². The molecule has 8 aromatic carbocycles. The van der Waals surface area contributed by atoms with Crippen LogP contribution in [-0.4, -0.2) is 46.9 Å². The molecule has 0 aliphatic carbocycles. The molecule has 10 heteroatoms. The first-order chi connectivity index (χ1) is 33.2. The molecule has 0 bridgehead atoms. The van der Waals surface area contributed by atoms with Crippen LogP contribution in [-0.2, 0) is 12.8 Å². The van der Waals surface area contributed by atoms with Crippen molar-refractivity contribution in [2.75, 3.05) is 0 Å². The average Bonchev–Trinajstić information content (AvgIpc) is 3.97. The summed E-state index contributed by atoms with van der Waals surface area (Å²) in [5.74, 6) is 0.286. The number of benzene rings is 8. The first-order valence-electron chi connectivity index (χ1n) is 22.5. The van der Waals surface area contributed by atoms with Crippen LogP contribution in [0.3, 0.4) is 0 Å². The van der Waals surface area contributed by atoms with E-state index < -0.39 is 7.12 Å². The molecule has 0 spiro atoms. The molecule has 68 heavy (non-hydrogen) atoms. The number of phenols is 2. The number of phenolic OH excluding ortho intramolecular Hbond substituents is 2. The molecule has 336 valence electrons. The average molecular weight is 958 g/mol. The Bertz CT molecular complexity index is 3220.